The van der Waals surface area contributed by atoms with Gasteiger partial charge in [-0.05, 0) is 36.0 Å². The Bertz CT molecular complexity index is 329. The molecule has 76 valence electrons. The molecule has 2 nitrogen and oxygen atoms in total. The highest BCUT2D eigenvalue weighted by Gasteiger charge is 2.44. The fraction of sp³-hybridized carbons (Fsp3) is 0.500. The van der Waals surface area contributed by atoms with Crippen LogP contribution in [0.5, 0.6) is 5.75 Å². The zero-order chi connectivity index (χ0) is 10.2. The molecule has 14 heavy (non-hydrogen) atoms. The first-order chi connectivity index (χ1) is 6.65. The molecule has 1 atom stereocenters. The molecule has 2 heteroatoms. The van der Waals surface area contributed by atoms with Gasteiger partial charge in [-0.15, -0.1) is 0 Å². The van der Waals surface area contributed by atoms with Crippen molar-refractivity contribution < 1.29 is 9.84 Å². The summed E-state index contributed by atoms with van der Waals surface area (Å²) in [6.07, 6.45) is 1.88. The number of methoxy groups -OCH3 is 1. The van der Waals surface area contributed by atoms with Gasteiger partial charge in [-0.2, -0.15) is 0 Å². The highest BCUT2D eigenvalue weighted by molar-refractivity contribution is 5.31. The molecule has 0 bridgehead atoms. The van der Waals surface area contributed by atoms with Crippen LogP contribution >= 0.6 is 0 Å². The minimum Gasteiger partial charge on any atom is -0.497 e. The minimum atomic E-state index is -0.349. The van der Waals surface area contributed by atoms with Crippen molar-refractivity contribution in [2.45, 2.75) is 25.9 Å². The van der Waals surface area contributed by atoms with E-state index in [0.717, 1.165) is 24.2 Å². The maximum absolute atomic E-state index is 10.1. The van der Waals surface area contributed by atoms with Gasteiger partial charge in [-0.3, -0.25) is 0 Å². The van der Waals surface area contributed by atoms with Crippen LogP contribution in [0.2, 0.25) is 0 Å². The van der Waals surface area contributed by atoms with Gasteiger partial charge < -0.3 is 9.84 Å². The number of ether oxygens (including phenoxy) is 1. The predicted molar refractivity (Wildman–Crippen MR) is 55.3 cm³/mol. The van der Waals surface area contributed by atoms with E-state index in [9.17, 15) is 5.11 Å². The van der Waals surface area contributed by atoms with Crippen molar-refractivity contribution in [1.29, 1.82) is 0 Å². The van der Waals surface area contributed by atoms with Gasteiger partial charge in [-0.25, -0.2) is 0 Å². The van der Waals surface area contributed by atoms with Crippen LogP contribution in [0.15, 0.2) is 24.3 Å². The van der Waals surface area contributed by atoms with Crippen molar-refractivity contribution in [3.63, 3.8) is 0 Å². The summed E-state index contributed by atoms with van der Waals surface area (Å²) in [7, 11) is 1.64. The molecule has 0 aromatic heterocycles. The summed E-state index contributed by atoms with van der Waals surface area (Å²) in [6, 6.07) is 7.68. The molecule has 0 radical (unpaired) electrons. The summed E-state index contributed by atoms with van der Waals surface area (Å²) in [5.74, 6) is 0.811. The molecule has 1 saturated carbocycles. The number of benzene rings is 1. The second kappa shape index (κ2) is 3.28. The minimum absolute atomic E-state index is 0.104. The highest BCUT2D eigenvalue weighted by atomic mass is 16.5. The number of hydrogen-bond donors (Lipinski definition) is 1. The number of aliphatic hydroxyl groups is 1. The van der Waals surface area contributed by atoms with E-state index in [0.29, 0.717) is 0 Å². The van der Waals surface area contributed by atoms with Crippen molar-refractivity contribution >= 4 is 0 Å². The Labute approximate surface area is 84.5 Å². The normalized spacial score (nSPS) is 20.2. The molecular formula is C12H16O2. The molecule has 1 aromatic carbocycles. The second-order valence-electron chi connectivity index (χ2n) is 4.33. The van der Waals surface area contributed by atoms with Crippen molar-refractivity contribution in [3.8, 4) is 5.75 Å². The molecule has 1 N–H and O–H groups in total. The first-order valence-corrected chi connectivity index (χ1v) is 4.98. The van der Waals surface area contributed by atoms with Crippen LogP contribution in [-0.2, 0) is 0 Å². The van der Waals surface area contributed by atoms with Crippen LogP contribution in [0, 0.1) is 5.41 Å². The Morgan fingerprint density at radius 1 is 1.43 bits per heavy atom. The summed E-state index contributed by atoms with van der Waals surface area (Å²) in [5, 5.41) is 10.1. The lowest BCUT2D eigenvalue weighted by atomic mass is 9.95. The van der Waals surface area contributed by atoms with Crippen molar-refractivity contribution in [1.82, 2.24) is 0 Å². The Morgan fingerprint density at radius 3 is 2.71 bits per heavy atom. The van der Waals surface area contributed by atoms with E-state index in [1.54, 1.807) is 7.11 Å². The fourth-order valence-electron chi connectivity index (χ4n) is 1.68. The largest absolute Gasteiger partial charge is 0.497 e. The van der Waals surface area contributed by atoms with Gasteiger partial charge in [0.25, 0.3) is 0 Å². The molecule has 0 spiro atoms. The Kier molecular flexibility index (Phi) is 2.23. The Balaban J connectivity index is 2.23. The molecule has 1 unspecified atom stereocenters. The third kappa shape index (κ3) is 1.62. The van der Waals surface area contributed by atoms with Crippen LogP contribution in [-0.4, -0.2) is 12.2 Å². The zero-order valence-corrected chi connectivity index (χ0v) is 8.66. The SMILES string of the molecule is COc1cccc(C(O)C2(C)CC2)c1. The molecule has 1 fully saturated rings. The number of aliphatic hydroxyl groups excluding tert-OH is 1. The quantitative estimate of drug-likeness (QED) is 0.797. The van der Waals surface area contributed by atoms with E-state index >= 15 is 0 Å². The van der Waals surface area contributed by atoms with Crippen molar-refractivity contribution in [2.24, 2.45) is 5.41 Å². The second-order valence-corrected chi connectivity index (χ2v) is 4.33. The Hall–Kier alpha value is -1.02. The van der Waals surface area contributed by atoms with Gasteiger partial charge in [0.2, 0.25) is 0 Å². The summed E-state index contributed by atoms with van der Waals surface area (Å²) < 4.78 is 5.13. The molecule has 2 rings (SSSR count). The van der Waals surface area contributed by atoms with Crippen molar-refractivity contribution in [2.75, 3.05) is 7.11 Å². The van der Waals surface area contributed by atoms with E-state index in [1.165, 1.54) is 0 Å². The third-order valence-corrected chi connectivity index (χ3v) is 3.11. The van der Waals surface area contributed by atoms with E-state index in [1.807, 2.05) is 24.3 Å². The summed E-state index contributed by atoms with van der Waals surface area (Å²) in [6.45, 7) is 2.12. The molecule has 1 aliphatic carbocycles. The zero-order valence-electron chi connectivity index (χ0n) is 8.66. The summed E-state index contributed by atoms with van der Waals surface area (Å²) in [5.41, 5.74) is 1.07. The third-order valence-electron chi connectivity index (χ3n) is 3.11. The average molecular weight is 192 g/mol. The number of hydrogen-bond acceptors (Lipinski definition) is 2. The highest BCUT2D eigenvalue weighted by Crippen LogP contribution is 2.54. The summed E-state index contributed by atoms with van der Waals surface area (Å²) >= 11 is 0. The van der Waals surface area contributed by atoms with E-state index in [4.69, 9.17) is 4.74 Å². The van der Waals surface area contributed by atoms with E-state index < -0.39 is 0 Å². The van der Waals surface area contributed by atoms with Crippen LogP contribution in [0.1, 0.15) is 31.4 Å². The van der Waals surface area contributed by atoms with Gasteiger partial charge >= 0.3 is 0 Å². The maximum Gasteiger partial charge on any atom is 0.119 e. The van der Waals surface area contributed by atoms with E-state index in [2.05, 4.69) is 6.92 Å². The van der Waals surface area contributed by atoms with Gasteiger partial charge in [-0.1, -0.05) is 19.1 Å². The van der Waals surface area contributed by atoms with Gasteiger partial charge in [0.05, 0.1) is 13.2 Å². The Morgan fingerprint density at radius 2 is 2.14 bits per heavy atom. The van der Waals surface area contributed by atoms with Crippen LogP contribution < -0.4 is 4.74 Å². The van der Waals surface area contributed by atoms with Gasteiger partial charge in [0.15, 0.2) is 0 Å². The summed E-state index contributed by atoms with van der Waals surface area (Å²) in [4.78, 5) is 0. The molecule has 0 heterocycles. The standard InChI is InChI=1S/C12H16O2/c1-12(6-7-12)11(13)9-4-3-5-10(8-9)14-2/h3-5,8,11,13H,6-7H2,1-2H3. The topological polar surface area (TPSA) is 29.5 Å². The lowest BCUT2D eigenvalue weighted by Crippen LogP contribution is -2.09. The first kappa shape index (κ1) is 9.53. The molecule has 1 aromatic rings. The fourth-order valence-corrected chi connectivity index (χ4v) is 1.68. The molecule has 0 aliphatic heterocycles. The van der Waals surface area contributed by atoms with Gasteiger partial charge in [0, 0.05) is 0 Å². The molecule has 0 amide bonds. The van der Waals surface area contributed by atoms with Gasteiger partial charge in [0.1, 0.15) is 5.75 Å². The monoisotopic (exact) mass is 192 g/mol. The first-order valence-electron chi connectivity index (χ1n) is 4.98. The van der Waals surface area contributed by atoms with Crippen LogP contribution in [0.3, 0.4) is 0 Å². The molecular weight excluding hydrogens is 176 g/mol. The lowest BCUT2D eigenvalue weighted by Gasteiger charge is -2.18. The maximum atomic E-state index is 10.1. The predicted octanol–water partition coefficient (Wildman–Crippen LogP) is 2.53. The lowest BCUT2D eigenvalue weighted by molar-refractivity contribution is 0.103. The molecule has 1 aliphatic rings. The van der Waals surface area contributed by atoms with Crippen molar-refractivity contribution in [3.05, 3.63) is 29.8 Å². The van der Waals surface area contributed by atoms with Crippen LogP contribution in [0.4, 0.5) is 0 Å². The molecule has 0 saturated heterocycles. The average Bonchev–Trinajstić information content (AvgIpc) is 2.97. The number of rotatable bonds is 3. The van der Waals surface area contributed by atoms with Crippen LogP contribution in [0.25, 0.3) is 0 Å². The van der Waals surface area contributed by atoms with E-state index in [-0.39, 0.29) is 11.5 Å². The smallest absolute Gasteiger partial charge is 0.119 e.